The van der Waals surface area contributed by atoms with Gasteiger partial charge in [-0.2, -0.15) is 0 Å². The average molecular weight is 297 g/mol. The summed E-state index contributed by atoms with van der Waals surface area (Å²) in [7, 11) is 0. The minimum Gasteiger partial charge on any atom is -0.345 e. The van der Waals surface area contributed by atoms with Gasteiger partial charge in [-0.05, 0) is 24.6 Å². The maximum absolute atomic E-state index is 12.5. The monoisotopic (exact) mass is 297 g/mol. The summed E-state index contributed by atoms with van der Waals surface area (Å²) in [5.41, 5.74) is 1.81. The van der Waals surface area contributed by atoms with Crippen LogP contribution in [-0.2, 0) is 0 Å². The summed E-state index contributed by atoms with van der Waals surface area (Å²) < 4.78 is 0. The van der Waals surface area contributed by atoms with E-state index in [0.717, 1.165) is 16.2 Å². The molecule has 0 aliphatic carbocycles. The molecule has 0 aliphatic heterocycles. The van der Waals surface area contributed by atoms with Crippen LogP contribution in [-0.4, -0.2) is 11.7 Å². The topological polar surface area (TPSA) is 29.1 Å². The smallest absolute Gasteiger partial charge is 0.252 e. The van der Waals surface area contributed by atoms with Crippen LogP contribution in [0.25, 0.3) is 0 Å². The van der Waals surface area contributed by atoms with Crippen LogP contribution in [0.1, 0.15) is 28.9 Å². The van der Waals surface area contributed by atoms with E-state index in [1.54, 1.807) is 11.8 Å². The van der Waals surface area contributed by atoms with E-state index in [0.29, 0.717) is 5.56 Å². The third kappa shape index (κ3) is 4.23. The van der Waals surface area contributed by atoms with Gasteiger partial charge in [0.25, 0.3) is 5.91 Å². The fourth-order valence-corrected chi connectivity index (χ4v) is 2.82. The van der Waals surface area contributed by atoms with Gasteiger partial charge in [0.15, 0.2) is 0 Å². The molecule has 0 bridgehead atoms. The minimum absolute atomic E-state index is 0.0174. The minimum atomic E-state index is -0.0430. The second kappa shape index (κ2) is 7.70. The van der Waals surface area contributed by atoms with Gasteiger partial charge in [0.1, 0.15) is 0 Å². The van der Waals surface area contributed by atoms with Gasteiger partial charge in [0.2, 0.25) is 0 Å². The molecule has 0 fully saturated rings. The molecule has 2 aromatic rings. The van der Waals surface area contributed by atoms with Crippen molar-refractivity contribution in [3.63, 3.8) is 0 Å². The van der Waals surface area contributed by atoms with Crippen molar-refractivity contribution >= 4 is 17.7 Å². The number of hydrogen-bond donors (Lipinski definition) is 1. The van der Waals surface area contributed by atoms with Crippen molar-refractivity contribution in [3.05, 3.63) is 78.4 Å². The summed E-state index contributed by atoms with van der Waals surface area (Å²) in [6.45, 7) is 5.71. The molecular formula is C18H19NOS. The Morgan fingerprint density at radius 2 is 1.86 bits per heavy atom. The zero-order valence-corrected chi connectivity index (χ0v) is 12.9. The first-order chi connectivity index (χ1) is 10.2. The molecule has 0 unspecified atom stereocenters. The van der Waals surface area contributed by atoms with E-state index in [9.17, 15) is 4.79 Å². The van der Waals surface area contributed by atoms with E-state index in [-0.39, 0.29) is 11.9 Å². The van der Waals surface area contributed by atoms with E-state index in [1.807, 2.05) is 67.6 Å². The fourth-order valence-electron chi connectivity index (χ4n) is 2.03. The molecule has 0 spiro atoms. The Morgan fingerprint density at radius 3 is 2.57 bits per heavy atom. The summed E-state index contributed by atoms with van der Waals surface area (Å²) in [6, 6.07) is 17.6. The van der Waals surface area contributed by atoms with E-state index in [2.05, 4.69) is 11.9 Å². The molecule has 1 atom stereocenters. The molecule has 0 radical (unpaired) electrons. The number of hydrogen-bond acceptors (Lipinski definition) is 2. The largest absolute Gasteiger partial charge is 0.345 e. The first-order valence-electron chi connectivity index (χ1n) is 6.91. The van der Waals surface area contributed by atoms with Crippen LogP contribution in [0.15, 0.2) is 72.1 Å². The van der Waals surface area contributed by atoms with Gasteiger partial charge in [-0.1, -0.05) is 48.5 Å². The predicted molar refractivity (Wildman–Crippen MR) is 89.7 cm³/mol. The molecule has 108 valence electrons. The molecule has 0 saturated heterocycles. The average Bonchev–Trinajstić information content (AvgIpc) is 2.54. The molecule has 2 nitrogen and oxygen atoms in total. The Labute approximate surface area is 130 Å². The molecule has 3 heteroatoms. The normalized spacial score (nSPS) is 11.7. The molecule has 0 aliphatic rings. The number of benzene rings is 2. The maximum Gasteiger partial charge on any atom is 0.252 e. The van der Waals surface area contributed by atoms with E-state index >= 15 is 0 Å². The number of nitrogens with one attached hydrogen (secondary N) is 1. The summed E-state index contributed by atoms with van der Waals surface area (Å²) in [4.78, 5) is 13.4. The molecule has 1 amide bonds. The molecule has 1 N–H and O–H groups in total. The third-order valence-corrected chi connectivity index (χ3v) is 4.20. The van der Waals surface area contributed by atoms with Crippen molar-refractivity contribution in [3.8, 4) is 0 Å². The standard InChI is InChI=1S/C18H19NOS/c1-3-13-21-17-12-8-7-11-16(17)18(20)19-14(2)15-9-5-4-6-10-15/h3-12,14H,1,13H2,2H3,(H,19,20)/t14-/m0/s1. The van der Waals surface area contributed by atoms with Crippen molar-refractivity contribution in [2.24, 2.45) is 0 Å². The zero-order valence-electron chi connectivity index (χ0n) is 12.1. The van der Waals surface area contributed by atoms with E-state index in [4.69, 9.17) is 0 Å². The SMILES string of the molecule is C=CCSc1ccccc1C(=O)N[C@@H](C)c1ccccc1. The number of amides is 1. The highest BCUT2D eigenvalue weighted by molar-refractivity contribution is 7.99. The Balaban J connectivity index is 2.11. The quantitative estimate of drug-likeness (QED) is 0.630. The van der Waals surface area contributed by atoms with Crippen molar-refractivity contribution in [2.75, 3.05) is 5.75 Å². The molecule has 21 heavy (non-hydrogen) atoms. The lowest BCUT2D eigenvalue weighted by Gasteiger charge is -2.15. The zero-order chi connectivity index (χ0) is 15.1. The Bertz CT molecular complexity index is 610. The maximum atomic E-state index is 12.5. The van der Waals surface area contributed by atoms with Crippen LogP contribution in [0, 0.1) is 0 Å². The molecule has 0 aromatic heterocycles. The first-order valence-corrected chi connectivity index (χ1v) is 7.89. The lowest BCUT2D eigenvalue weighted by atomic mass is 10.1. The number of rotatable bonds is 6. The van der Waals surface area contributed by atoms with Gasteiger partial charge >= 0.3 is 0 Å². The van der Waals surface area contributed by atoms with Crippen molar-refractivity contribution in [2.45, 2.75) is 17.9 Å². The molecular weight excluding hydrogens is 278 g/mol. The Kier molecular flexibility index (Phi) is 5.64. The number of thioether (sulfide) groups is 1. The predicted octanol–water partition coefficient (Wildman–Crippen LogP) is 4.46. The van der Waals surface area contributed by atoms with Crippen LogP contribution >= 0.6 is 11.8 Å². The van der Waals surface area contributed by atoms with Gasteiger partial charge in [0.05, 0.1) is 11.6 Å². The van der Waals surface area contributed by atoms with Gasteiger partial charge in [-0.3, -0.25) is 4.79 Å². The lowest BCUT2D eigenvalue weighted by molar-refractivity contribution is 0.0937. The molecule has 0 saturated carbocycles. The highest BCUT2D eigenvalue weighted by Gasteiger charge is 2.14. The summed E-state index contributed by atoms with van der Waals surface area (Å²) in [5, 5.41) is 3.05. The van der Waals surface area contributed by atoms with Crippen LogP contribution in [0.4, 0.5) is 0 Å². The van der Waals surface area contributed by atoms with Crippen molar-refractivity contribution in [1.29, 1.82) is 0 Å². The van der Waals surface area contributed by atoms with Gasteiger partial charge in [0, 0.05) is 10.6 Å². The Morgan fingerprint density at radius 1 is 1.19 bits per heavy atom. The van der Waals surface area contributed by atoms with Crippen molar-refractivity contribution in [1.82, 2.24) is 5.32 Å². The van der Waals surface area contributed by atoms with Crippen LogP contribution in [0.2, 0.25) is 0 Å². The molecule has 2 rings (SSSR count). The van der Waals surface area contributed by atoms with Crippen LogP contribution in [0.5, 0.6) is 0 Å². The van der Waals surface area contributed by atoms with Gasteiger partial charge < -0.3 is 5.32 Å². The van der Waals surface area contributed by atoms with Crippen LogP contribution < -0.4 is 5.32 Å². The lowest BCUT2D eigenvalue weighted by Crippen LogP contribution is -2.27. The molecule has 2 aromatic carbocycles. The second-order valence-corrected chi connectivity index (χ2v) is 5.76. The van der Waals surface area contributed by atoms with Crippen molar-refractivity contribution < 1.29 is 4.79 Å². The van der Waals surface area contributed by atoms with Gasteiger partial charge in [-0.15, -0.1) is 18.3 Å². The fraction of sp³-hybridized carbons (Fsp3) is 0.167. The first kappa shape index (κ1) is 15.4. The molecule has 0 heterocycles. The van der Waals surface area contributed by atoms with Crippen LogP contribution in [0.3, 0.4) is 0 Å². The highest BCUT2D eigenvalue weighted by Crippen LogP contribution is 2.23. The summed E-state index contributed by atoms with van der Waals surface area (Å²) in [5.74, 6) is 0.747. The van der Waals surface area contributed by atoms with E-state index < -0.39 is 0 Å². The van der Waals surface area contributed by atoms with Gasteiger partial charge in [-0.25, -0.2) is 0 Å². The Hall–Kier alpha value is -2.00. The third-order valence-electron chi connectivity index (χ3n) is 3.14. The number of carbonyl (C=O) groups is 1. The highest BCUT2D eigenvalue weighted by atomic mass is 32.2. The van der Waals surface area contributed by atoms with E-state index in [1.165, 1.54) is 0 Å². The number of carbonyl (C=O) groups excluding carboxylic acids is 1. The summed E-state index contributed by atoms with van der Waals surface area (Å²) >= 11 is 1.62. The second-order valence-electron chi connectivity index (χ2n) is 4.70. The summed E-state index contributed by atoms with van der Waals surface area (Å²) in [6.07, 6.45) is 1.84.